The molecule has 1 heterocycles. The van der Waals surface area contributed by atoms with Crippen LogP contribution in [0.5, 0.6) is 0 Å². The Morgan fingerprint density at radius 2 is 0.726 bits per heavy atom. The lowest BCUT2D eigenvalue weighted by molar-refractivity contribution is -0.187. The van der Waals surface area contributed by atoms with Gasteiger partial charge in [-0.1, -0.05) is 129 Å². The summed E-state index contributed by atoms with van der Waals surface area (Å²) >= 11 is 11.5. The highest BCUT2D eigenvalue weighted by Crippen LogP contribution is 2.27. The molecule has 0 unspecified atom stereocenters. The first-order valence-corrected chi connectivity index (χ1v) is 22.3. The number of benzene rings is 5. The van der Waals surface area contributed by atoms with E-state index in [-0.39, 0.29) is 23.5 Å². The van der Waals surface area contributed by atoms with E-state index < -0.39 is 11.6 Å². The highest BCUT2D eigenvalue weighted by atomic mass is 35.5. The molecule has 1 aliphatic heterocycles. The van der Waals surface area contributed by atoms with Crippen LogP contribution in [0.25, 0.3) is 0 Å². The summed E-state index contributed by atoms with van der Waals surface area (Å²) in [7, 11) is 0. The van der Waals surface area contributed by atoms with Gasteiger partial charge in [0, 0.05) is 27.1 Å². The molecule has 0 radical (unpaired) electrons. The first-order chi connectivity index (χ1) is 29.0. The van der Waals surface area contributed by atoms with Gasteiger partial charge in [0.05, 0.1) is 13.2 Å². The minimum absolute atomic E-state index is 0.0196. The molecule has 8 heteroatoms. The maximum Gasteiger partial charge on any atom is 0.154 e. The second-order valence-electron chi connectivity index (χ2n) is 17.1. The van der Waals surface area contributed by atoms with E-state index >= 15 is 0 Å². The molecule has 1 saturated heterocycles. The molecule has 7 rings (SSSR count). The highest BCUT2D eigenvalue weighted by Gasteiger charge is 2.14. The van der Waals surface area contributed by atoms with Crippen molar-refractivity contribution < 1.29 is 27.0 Å². The fraction of sp³-hybridized carbons (Fsp3) is 0.444. The fourth-order valence-electron chi connectivity index (χ4n) is 5.70. The Balaban J connectivity index is 0.000000362. The maximum atomic E-state index is 12.8. The fourth-order valence-corrected chi connectivity index (χ4v) is 6.20. The molecule has 2 nitrogen and oxygen atoms in total. The highest BCUT2D eigenvalue weighted by molar-refractivity contribution is 6.31. The predicted octanol–water partition coefficient (Wildman–Crippen LogP) is 17.2. The summed E-state index contributed by atoms with van der Waals surface area (Å²) in [5.41, 5.74) is 8.77. The summed E-state index contributed by atoms with van der Waals surface area (Å²) < 4.78 is 60.9. The van der Waals surface area contributed by atoms with Crippen LogP contribution >= 0.6 is 23.2 Å². The van der Waals surface area contributed by atoms with E-state index in [1.54, 1.807) is 32.9 Å². The molecule has 5 aromatic carbocycles. The van der Waals surface area contributed by atoms with Crippen LogP contribution in [-0.4, -0.2) is 19.5 Å². The molecule has 0 amide bonds. The van der Waals surface area contributed by atoms with Crippen molar-refractivity contribution in [2.75, 3.05) is 13.2 Å². The topological polar surface area (TPSA) is 18.5 Å². The van der Waals surface area contributed by atoms with Crippen LogP contribution in [0.15, 0.2) is 84.9 Å². The Morgan fingerprint density at radius 1 is 0.387 bits per heavy atom. The van der Waals surface area contributed by atoms with Gasteiger partial charge in [-0.2, -0.15) is 0 Å². The number of halogens is 6. The van der Waals surface area contributed by atoms with Gasteiger partial charge >= 0.3 is 0 Å². The van der Waals surface area contributed by atoms with Crippen LogP contribution in [0.3, 0.4) is 0 Å². The third-order valence-electron chi connectivity index (χ3n) is 10.3. The van der Waals surface area contributed by atoms with Crippen molar-refractivity contribution in [1.29, 1.82) is 0 Å². The largest absolute Gasteiger partial charge is 0.353 e. The maximum absolute atomic E-state index is 12.8. The Hall–Kier alpha value is -3.68. The molecular weight excluding hydrogens is 827 g/mol. The summed E-state index contributed by atoms with van der Waals surface area (Å²) in [6.07, 6.45) is 5.91. The average molecular weight is 900 g/mol. The van der Waals surface area contributed by atoms with Crippen LogP contribution in [0.2, 0.25) is 10.0 Å². The molecule has 342 valence electrons. The van der Waals surface area contributed by atoms with Crippen LogP contribution < -0.4 is 0 Å². The minimum Gasteiger partial charge on any atom is -0.353 e. The molecule has 0 N–H and O–H groups in total. The lowest BCUT2D eigenvalue weighted by atomic mass is 9.84. The van der Waals surface area contributed by atoms with E-state index in [9.17, 15) is 17.6 Å². The van der Waals surface area contributed by atoms with E-state index in [1.807, 2.05) is 52.8 Å². The molecule has 62 heavy (non-hydrogen) atoms. The zero-order chi connectivity index (χ0) is 47.1. The van der Waals surface area contributed by atoms with Gasteiger partial charge in [0.2, 0.25) is 0 Å². The van der Waals surface area contributed by atoms with E-state index in [1.165, 1.54) is 73.6 Å². The van der Waals surface area contributed by atoms with Crippen LogP contribution in [-0.2, 0) is 9.47 Å². The van der Waals surface area contributed by atoms with Crippen LogP contribution in [0.4, 0.5) is 17.6 Å². The van der Waals surface area contributed by atoms with Crippen molar-refractivity contribution in [3.63, 3.8) is 0 Å². The Morgan fingerprint density at radius 3 is 1.08 bits per heavy atom. The third-order valence-corrected chi connectivity index (χ3v) is 11.1. The molecule has 5 aromatic rings. The van der Waals surface area contributed by atoms with Gasteiger partial charge in [0.25, 0.3) is 0 Å². The Bertz CT molecular complexity index is 1820. The lowest BCUT2D eigenvalue weighted by Crippen LogP contribution is -2.27. The first kappa shape index (κ1) is 56.3. The van der Waals surface area contributed by atoms with Crippen molar-refractivity contribution >= 4 is 23.2 Å². The van der Waals surface area contributed by atoms with Crippen molar-refractivity contribution in [3.05, 3.63) is 174 Å². The normalized spacial score (nSPS) is 17.5. The zero-order valence-corrected chi connectivity index (χ0v) is 41.2. The van der Waals surface area contributed by atoms with E-state index in [2.05, 4.69) is 65.0 Å². The van der Waals surface area contributed by atoms with Crippen molar-refractivity contribution in [2.24, 2.45) is 17.8 Å². The van der Waals surface area contributed by atoms with E-state index in [0.717, 1.165) is 46.8 Å². The first-order valence-electron chi connectivity index (χ1n) is 21.5. The summed E-state index contributed by atoms with van der Waals surface area (Å²) in [5, 5.41) is 1.35. The molecule has 1 aliphatic carbocycles. The second-order valence-corrected chi connectivity index (χ2v) is 17.9. The minimum atomic E-state index is -0.475. The van der Waals surface area contributed by atoms with Crippen molar-refractivity contribution in [3.8, 4) is 0 Å². The summed E-state index contributed by atoms with van der Waals surface area (Å²) in [5.74, 6) is 1.32. The zero-order valence-electron chi connectivity index (χ0n) is 39.7. The van der Waals surface area contributed by atoms with Gasteiger partial charge in [0.1, 0.15) is 23.3 Å². The molecule has 2 aliphatic rings. The molecule has 1 saturated carbocycles. The number of rotatable bonds is 0. The monoisotopic (exact) mass is 898 g/mol. The van der Waals surface area contributed by atoms with Gasteiger partial charge in [0.15, 0.2) is 6.29 Å². The molecule has 0 atom stereocenters. The van der Waals surface area contributed by atoms with Gasteiger partial charge in [-0.05, 0) is 158 Å². The van der Waals surface area contributed by atoms with Gasteiger partial charge in [-0.3, -0.25) is 0 Å². The average Bonchev–Trinajstić information content (AvgIpc) is 3.21. The molecule has 0 spiro atoms. The number of hydrogen-bond donors (Lipinski definition) is 0. The number of aryl methyl sites for hydroxylation is 8. The van der Waals surface area contributed by atoms with Crippen LogP contribution in [0, 0.1) is 110 Å². The molecule has 0 aromatic heterocycles. The van der Waals surface area contributed by atoms with E-state index in [0.29, 0.717) is 27.6 Å². The van der Waals surface area contributed by atoms with Crippen LogP contribution in [0.1, 0.15) is 109 Å². The van der Waals surface area contributed by atoms with Gasteiger partial charge in [-0.25, -0.2) is 17.6 Å². The van der Waals surface area contributed by atoms with Gasteiger partial charge < -0.3 is 9.47 Å². The van der Waals surface area contributed by atoms with Crippen molar-refractivity contribution in [1.82, 2.24) is 0 Å². The molecular formula is C54H72Cl2F4O2. The molecule has 0 bridgehead atoms. The standard InChI is InChI=1S/C8H8ClF.C8H9Cl.C8H8F2.C8H9F.C8H16.C8H10.C6H12O2/c1-5-3-7(9)6(2)8(10)4-5;1-6-3-4-7(2)8(9)5-6;1-5-3-7(9)6(2)8(10)4-5;1-6-3-4-7(2)8(9)5-6;2*1-7-3-5-8(2)6-4-7;1-5-3-7-6(2)8-4-5/h3-4H,1-2H3;3-5H,1-2H3;3-4H,1-2H3;3-5H,1-2H3;7-8H,3-6H2,1-2H3;3-6H,1-2H3;5-6H,3-4H2,1-2H3. The Kier molecular flexibility index (Phi) is 26.9. The SMILES string of the molecule is CC1CCC(C)CC1.CC1COC(C)OC1.Cc1cc(F)c(C)c(Cl)c1.Cc1cc(F)c(C)c(F)c1.Cc1ccc(C)c(Cl)c1.Cc1ccc(C)c(F)c1.Cc1ccc(C)cc1. The molecule has 2 fully saturated rings. The lowest BCUT2D eigenvalue weighted by Gasteiger charge is -2.24. The van der Waals surface area contributed by atoms with Crippen molar-refractivity contribution in [2.45, 2.75) is 129 Å². The van der Waals surface area contributed by atoms with Gasteiger partial charge in [-0.15, -0.1) is 0 Å². The third kappa shape index (κ3) is 24.2. The smallest absolute Gasteiger partial charge is 0.154 e. The summed E-state index contributed by atoms with van der Waals surface area (Å²) in [4.78, 5) is 0. The quantitative estimate of drug-likeness (QED) is 0.144. The number of hydrogen-bond acceptors (Lipinski definition) is 2. The summed E-state index contributed by atoms with van der Waals surface area (Å²) in [6.45, 7) is 28.9. The Labute approximate surface area is 382 Å². The summed E-state index contributed by atoms with van der Waals surface area (Å²) in [6, 6.07) is 25.6. The second kappa shape index (κ2) is 29.6. The predicted molar refractivity (Wildman–Crippen MR) is 257 cm³/mol. The number of ether oxygens (including phenoxy) is 2. The van der Waals surface area contributed by atoms with E-state index in [4.69, 9.17) is 32.7 Å².